The normalized spacial score (nSPS) is 25.2. The van der Waals surface area contributed by atoms with Gasteiger partial charge < -0.3 is 30.4 Å². The Morgan fingerprint density at radius 1 is 0.824 bits per heavy atom. The highest BCUT2D eigenvalue weighted by atomic mass is 16.4. The topological polar surface area (TPSA) is 104 Å². The van der Waals surface area contributed by atoms with Gasteiger partial charge in [0.05, 0.1) is 12.7 Å². The smallest absolute Gasteiger partial charge is 0.111 e. The van der Waals surface area contributed by atoms with Crippen LogP contribution in [0, 0.1) is 0 Å². The first kappa shape index (κ1) is 14.8. The summed E-state index contributed by atoms with van der Waals surface area (Å²) < 4.78 is 0. The molecule has 4 atom stereocenters. The maximum absolute atomic E-state index is 9.74. The highest BCUT2D eigenvalue weighted by Crippen LogP contribution is 2.12. The predicted octanol–water partition coefficient (Wildman–Crippen LogP) is -2.09. The molecule has 0 radical (unpaired) electrons. The van der Waals surface area contributed by atoms with E-state index in [0.717, 1.165) is 25.9 Å². The largest absolute Gasteiger partial charge is 0.394 e. The van der Waals surface area contributed by atoms with Crippen molar-refractivity contribution in [3.63, 3.8) is 0 Å². The Balaban J connectivity index is 2.37. The van der Waals surface area contributed by atoms with E-state index in [1.807, 2.05) is 4.90 Å². The average molecular weight is 249 g/mol. The van der Waals surface area contributed by atoms with Gasteiger partial charge in [-0.1, -0.05) is 6.42 Å². The molecule has 0 aromatic carbocycles. The van der Waals surface area contributed by atoms with E-state index < -0.39 is 31.0 Å². The first-order valence-corrected chi connectivity index (χ1v) is 6.11. The van der Waals surface area contributed by atoms with Crippen LogP contribution in [0.2, 0.25) is 0 Å². The molecule has 1 saturated heterocycles. The lowest BCUT2D eigenvalue weighted by Gasteiger charge is -2.32. The molecule has 0 amide bonds. The van der Waals surface area contributed by atoms with E-state index in [2.05, 4.69) is 0 Å². The summed E-state index contributed by atoms with van der Waals surface area (Å²) >= 11 is 0. The van der Waals surface area contributed by atoms with E-state index in [-0.39, 0.29) is 6.54 Å². The van der Waals surface area contributed by atoms with E-state index in [9.17, 15) is 15.3 Å². The summed E-state index contributed by atoms with van der Waals surface area (Å²) in [6, 6.07) is 0. The molecular weight excluding hydrogens is 226 g/mol. The SMILES string of the molecule is OC[C@@H](O)[C@H](O)[C@H](O)[C@@H](O)CN1CCCCC1. The predicted molar refractivity (Wildman–Crippen MR) is 61.4 cm³/mol. The van der Waals surface area contributed by atoms with Crippen molar-refractivity contribution in [2.75, 3.05) is 26.2 Å². The third-order valence-electron chi connectivity index (χ3n) is 3.22. The fourth-order valence-electron chi connectivity index (χ4n) is 2.08. The minimum atomic E-state index is -1.53. The Morgan fingerprint density at radius 2 is 1.35 bits per heavy atom. The Hall–Kier alpha value is -0.240. The molecule has 1 fully saturated rings. The maximum Gasteiger partial charge on any atom is 0.111 e. The average Bonchev–Trinajstić information content (AvgIpc) is 2.37. The van der Waals surface area contributed by atoms with Crippen molar-refractivity contribution in [1.29, 1.82) is 0 Å². The number of aliphatic hydroxyl groups is 5. The van der Waals surface area contributed by atoms with Crippen molar-refractivity contribution < 1.29 is 25.5 Å². The van der Waals surface area contributed by atoms with Crippen molar-refractivity contribution in [3.8, 4) is 0 Å². The number of β-amino-alcohol motifs (C(OH)–C–C–N with tert-alkyl or cyclic N) is 1. The highest BCUT2D eigenvalue weighted by Gasteiger charge is 2.31. The van der Waals surface area contributed by atoms with Gasteiger partial charge in [0.1, 0.15) is 18.3 Å². The lowest BCUT2D eigenvalue weighted by molar-refractivity contribution is -0.120. The molecule has 17 heavy (non-hydrogen) atoms. The monoisotopic (exact) mass is 249 g/mol. The summed E-state index contributed by atoms with van der Waals surface area (Å²) in [7, 11) is 0. The third-order valence-corrected chi connectivity index (χ3v) is 3.22. The molecule has 1 aliphatic rings. The van der Waals surface area contributed by atoms with Gasteiger partial charge >= 0.3 is 0 Å². The Kier molecular flexibility index (Phi) is 6.32. The Labute approximate surface area is 101 Å². The maximum atomic E-state index is 9.74. The number of likely N-dealkylation sites (tertiary alicyclic amines) is 1. The van der Waals surface area contributed by atoms with Crippen molar-refractivity contribution in [3.05, 3.63) is 0 Å². The number of aliphatic hydroxyl groups excluding tert-OH is 5. The van der Waals surface area contributed by atoms with E-state index in [0.29, 0.717) is 0 Å². The van der Waals surface area contributed by atoms with E-state index in [1.54, 1.807) is 0 Å². The summed E-state index contributed by atoms with van der Waals surface area (Å²) in [4.78, 5) is 2.02. The van der Waals surface area contributed by atoms with Gasteiger partial charge in [-0.2, -0.15) is 0 Å². The fraction of sp³-hybridized carbons (Fsp3) is 1.00. The summed E-state index contributed by atoms with van der Waals surface area (Å²) in [6.07, 6.45) is -2.19. The van der Waals surface area contributed by atoms with Crippen LogP contribution in [0.3, 0.4) is 0 Å². The Morgan fingerprint density at radius 3 is 1.88 bits per heavy atom. The molecule has 0 saturated carbocycles. The quantitative estimate of drug-likeness (QED) is 0.370. The minimum Gasteiger partial charge on any atom is -0.394 e. The van der Waals surface area contributed by atoms with Crippen LogP contribution < -0.4 is 0 Å². The van der Waals surface area contributed by atoms with Gasteiger partial charge in [0, 0.05) is 6.54 Å². The van der Waals surface area contributed by atoms with Crippen LogP contribution in [-0.2, 0) is 0 Å². The lowest BCUT2D eigenvalue weighted by atomic mass is 10.0. The highest BCUT2D eigenvalue weighted by molar-refractivity contribution is 4.83. The number of hydrogen-bond donors (Lipinski definition) is 5. The number of piperidine rings is 1. The lowest BCUT2D eigenvalue weighted by Crippen LogP contribution is -2.50. The number of rotatable bonds is 6. The van der Waals surface area contributed by atoms with Crippen molar-refractivity contribution in [2.24, 2.45) is 0 Å². The van der Waals surface area contributed by atoms with Gasteiger partial charge in [-0.3, -0.25) is 0 Å². The Bertz CT molecular complexity index is 210. The van der Waals surface area contributed by atoms with Crippen molar-refractivity contribution >= 4 is 0 Å². The zero-order chi connectivity index (χ0) is 12.8. The molecule has 1 heterocycles. The zero-order valence-corrected chi connectivity index (χ0v) is 9.94. The molecule has 0 bridgehead atoms. The van der Waals surface area contributed by atoms with Gasteiger partial charge in [0.2, 0.25) is 0 Å². The van der Waals surface area contributed by atoms with Crippen LogP contribution >= 0.6 is 0 Å². The first-order valence-electron chi connectivity index (χ1n) is 6.11. The van der Waals surface area contributed by atoms with E-state index in [4.69, 9.17) is 10.2 Å². The fourth-order valence-corrected chi connectivity index (χ4v) is 2.08. The van der Waals surface area contributed by atoms with Crippen LogP contribution in [0.1, 0.15) is 19.3 Å². The third kappa shape index (κ3) is 4.50. The van der Waals surface area contributed by atoms with Crippen LogP contribution in [0.25, 0.3) is 0 Å². The van der Waals surface area contributed by atoms with Crippen molar-refractivity contribution in [1.82, 2.24) is 4.90 Å². The standard InChI is InChI=1S/C11H23NO5/c13-7-9(15)11(17)10(16)8(14)6-12-4-2-1-3-5-12/h8-11,13-17H,1-7H2/t8-,9+,10+,11-/m0/s1. The molecule has 6 heteroatoms. The number of nitrogens with zero attached hydrogens (tertiary/aromatic N) is 1. The van der Waals surface area contributed by atoms with Gasteiger partial charge in [-0.05, 0) is 25.9 Å². The van der Waals surface area contributed by atoms with Gasteiger partial charge in [-0.15, -0.1) is 0 Å². The second kappa shape index (κ2) is 7.25. The zero-order valence-electron chi connectivity index (χ0n) is 9.94. The molecule has 0 spiro atoms. The van der Waals surface area contributed by atoms with Gasteiger partial charge in [-0.25, -0.2) is 0 Å². The molecule has 1 rings (SSSR count). The molecular formula is C11H23NO5. The number of hydrogen-bond acceptors (Lipinski definition) is 6. The summed E-state index contributed by atoms with van der Waals surface area (Å²) in [5, 5.41) is 46.6. The summed E-state index contributed by atoms with van der Waals surface area (Å²) in [6.45, 7) is 1.38. The van der Waals surface area contributed by atoms with Gasteiger partial charge in [0.15, 0.2) is 0 Å². The van der Waals surface area contributed by atoms with Crippen LogP contribution in [0.5, 0.6) is 0 Å². The van der Waals surface area contributed by atoms with Gasteiger partial charge in [0.25, 0.3) is 0 Å². The summed E-state index contributed by atoms with van der Waals surface area (Å²) in [5.74, 6) is 0. The molecule has 6 nitrogen and oxygen atoms in total. The molecule has 0 aliphatic carbocycles. The van der Waals surface area contributed by atoms with E-state index in [1.165, 1.54) is 6.42 Å². The second-order valence-corrected chi connectivity index (χ2v) is 4.66. The van der Waals surface area contributed by atoms with Crippen LogP contribution in [0.4, 0.5) is 0 Å². The molecule has 1 aliphatic heterocycles. The first-order chi connectivity index (χ1) is 8.06. The molecule has 0 unspecified atom stereocenters. The van der Waals surface area contributed by atoms with E-state index >= 15 is 0 Å². The minimum absolute atomic E-state index is 0.274. The molecule has 0 aromatic heterocycles. The molecule has 0 aromatic rings. The van der Waals surface area contributed by atoms with Crippen molar-refractivity contribution in [2.45, 2.75) is 43.7 Å². The molecule has 102 valence electrons. The van der Waals surface area contributed by atoms with Crippen LogP contribution in [-0.4, -0.2) is 81.1 Å². The summed E-state index contributed by atoms with van der Waals surface area (Å²) in [5.41, 5.74) is 0. The second-order valence-electron chi connectivity index (χ2n) is 4.66. The molecule has 5 N–H and O–H groups in total. The van der Waals surface area contributed by atoms with Crippen LogP contribution in [0.15, 0.2) is 0 Å².